The topological polar surface area (TPSA) is 84.6 Å². The molecule has 0 spiro atoms. The number of rotatable bonds is 23. The number of ether oxygens (including phenoxy) is 6. The van der Waals surface area contributed by atoms with Gasteiger partial charge in [-0.15, -0.1) is 0 Å². The molecule has 208 valence electrons. The maximum atomic E-state index is 5.75. The quantitative estimate of drug-likeness (QED) is 0.217. The summed E-state index contributed by atoms with van der Waals surface area (Å²) in [7, 11) is 3.36. The molecule has 0 aromatic rings. The molecule has 0 aromatic heterocycles. The first-order valence-electron chi connectivity index (χ1n) is 13.0. The van der Waals surface area contributed by atoms with Gasteiger partial charge in [-0.25, -0.2) is 0 Å². The molecule has 1 atom stereocenters. The first kappa shape index (κ1) is 35.8. The van der Waals surface area contributed by atoms with Gasteiger partial charge in [-0.2, -0.15) is 0 Å². The van der Waals surface area contributed by atoms with Gasteiger partial charge in [0, 0.05) is 40.5 Å². The highest BCUT2D eigenvalue weighted by Gasteiger charge is 2.24. The smallest absolute Gasteiger partial charge is 0.0701 e. The Balaban J connectivity index is 0. The van der Waals surface area contributed by atoms with Gasteiger partial charge in [0.25, 0.3) is 0 Å². The van der Waals surface area contributed by atoms with Gasteiger partial charge in [-0.05, 0) is 30.2 Å². The van der Waals surface area contributed by atoms with Crippen LogP contribution in [0.5, 0.6) is 0 Å². The van der Waals surface area contributed by atoms with Gasteiger partial charge in [0.1, 0.15) is 0 Å². The summed E-state index contributed by atoms with van der Waals surface area (Å²) in [6.45, 7) is 23.8. The van der Waals surface area contributed by atoms with Gasteiger partial charge in [-0.3, -0.25) is 4.90 Å². The number of nitrogens with two attached hydrogens (primary N) is 1. The third-order valence-corrected chi connectivity index (χ3v) is 5.89. The minimum Gasteiger partial charge on any atom is -0.383 e. The molecule has 0 bridgehead atoms. The largest absolute Gasteiger partial charge is 0.383 e. The summed E-state index contributed by atoms with van der Waals surface area (Å²) in [5.74, 6) is 1.26. The normalized spacial score (nSPS) is 12.8. The molecule has 0 saturated carbocycles. The summed E-state index contributed by atoms with van der Waals surface area (Å²) in [6, 6.07) is 0. The summed E-state index contributed by atoms with van der Waals surface area (Å²) in [4.78, 5) is 2.31. The van der Waals surface area contributed by atoms with E-state index in [1.54, 1.807) is 14.2 Å². The Morgan fingerprint density at radius 1 is 0.706 bits per heavy atom. The van der Waals surface area contributed by atoms with E-state index in [1.807, 2.05) is 0 Å². The number of methoxy groups -OCH3 is 2. The molecule has 0 aliphatic heterocycles. The Morgan fingerprint density at radius 2 is 1.18 bits per heavy atom. The van der Waals surface area contributed by atoms with Crippen molar-refractivity contribution < 1.29 is 28.4 Å². The van der Waals surface area contributed by atoms with Crippen molar-refractivity contribution in [3.05, 3.63) is 0 Å². The van der Waals surface area contributed by atoms with Crippen LogP contribution in [-0.2, 0) is 28.4 Å². The lowest BCUT2D eigenvalue weighted by Gasteiger charge is -2.32. The zero-order valence-electron chi connectivity index (χ0n) is 23.7. The second-order valence-electron chi connectivity index (χ2n) is 9.57. The van der Waals surface area contributed by atoms with E-state index in [0.717, 1.165) is 39.5 Å². The van der Waals surface area contributed by atoms with E-state index in [2.05, 4.69) is 51.2 Å². The SMILES string of the molecule is CCN(CCOC)CCOCCOCCOCCOCC(C)CC(C)(C)C(C)C.COCCN. The number of nitrogens with zero attached hydrogens (tertiary/aromatic N) is 1. The summed E-state index contributed by atoms with van der Waals surface area (Å²) in [5.41, 5.74) is 5.37. The van der Waals surface area contributed by atoms with E-state index in [-0.39, 0.29) is 0 Å². The van der Waals surface area contributed by atoms with Gasteiger partial charge in [-0.1, -0.05) is 41.5 Å². The van der Waals surface area contributed by atoms with E-state index < -0.39 is 0 Å². The first-order valence-corrected chi connectivity index (χ1v) is 13.0. The predicted octanol–water partition coefficient (Wildman–Crippen LogP) is 3.32. The fourth-order valence-corrected chi connectivity index (χ4v) is 3.10. The number of likely N-dealkylation sites (N-methyl/N-ethyl adjacent to an activating group) is 1. The Morgan fingerprint density at radius 3 is 1.59 bits per heavy atom. The fourth-order valence-electron chi connectivity index (χ4n) is 3.10. The van der Waals surface area contributed by atoms with E-state index in [0.29, 0.717) is 70.0 Å². The molecule has 0 radical (unpaired) electrons. The minimum atomic E-state index is 0.361. The molecule has 0 fully saturated rings. The Kier molecular flexibility index (Phi) is 27.2. The molecular weight excluding hydrogens is 436 g/mol. The van der Waals surface area contributed by atoms with Crippen molar-refractivity contribution in [3.8, 4) is 0 Å². The maximum absolute atomic E-state index is 5.75. The second-order valence-corrected chi connectivity index (χ2v) is 9.57. The van der Waals surface area contributed by atoms with Crippen LogP contribution in [-0.4, -0.2) is 111 Å². The molecule has 0 saturated heterocycles. The van der Waals surface area contributed by atoms with Crippen LogP contribution in [0.4, 0.5) is 0 Å². The van der Waals surface area contributed by atoms with Gasteiger partial charge in [0.2, 0.25) is 0 Å². The van der Waals surface area contributed by atoms with Crippen molar-refractivity contribution in [1.82, 2.24) is 4.90 Å². The fraction of sp³-hybridized carbons (Fsp3) is 1.00. The highest BCUT2D eigenvalue weighted by molar-refractivity contribution is 4.74. The minimum absolute atomic E-state index is 0.361. The van der Waals surface area contributed by atoms with E-state index >= 15 is 0 Å². The van der Waals surface area contributed by atoms with Crippen LogP contribution in [0.1, 0.15) is 48.0 Å². The molecule has 2 N–H and O–H groups in total. The van der Waals surface area contributed by atoms with Crippen LogP contribution in [0.25, 0.3) is 0 Å². The van der Waals surface area contributed by atoms with Gasteiger partial charge >= 0.3 is 0 Å². The lowest BCUT2D eigenvalue weighted by atomic mass is 9.75. The van der Waals surface area contributed by atoms with Gasteiger partial charge in [0.05, 0.1) is 59.5 Å². The van der Waals surface area contributed by atoms with Crippen LogP contribution in [0, 0.1) is 17.3 Å². The molecule has 0 heterocycles. The molecule has 34 heavy (non-hydrogen) atoms. The van der Waals surface area contributed by atoms with Crippen LogP contribution < -0.4 is 5.73 Å². The van der Waals surface area contributed by atoms with Crippen LogP contribution >= 0.6 is 0 Å². The number of hydrogen-bond donors (Lipinski definition) is 1. The molecule has 8 nitrogen and oxygen atoms in total. The van der Waals surface area contributed by atoms with Crippen molar-refractivity contribution >= 4 is 0 Å². The van der Waals surface area contributed by atoms with Gasteiger partial charge in [0.15, 0.2) is 0 Å². The van der Waals surface area contributed by atoms with Crippen molar-refractivity contribution in [1.29, 1.82) is 0 Å². The summed E-state index contributed by atoms with van der Waals surface area (Å²) < 4.78 is 32.1. The molecule has 0 aliphatic rings. The lowest BCUT2D eigenvalue weighted by molar-refractivity contribution is -0.00944. The highest BCUT2D eigenvalue weighted by atomic mass is 16.6. The molecule has 0 aromatic carbocycles. The Hall–Kier alpha value is -0.320. The van der Waals surface area contributed by atoms with Crippen LogP contribution in [0.3, 0.4) is 0 Å². The second kappa shape index (κ2) is 25.8. The number of hydrogen-bond acceptors (Lipinski definition) is 8. The zero-order valence-corrected chi connectivity index (χ0v) is 23.7. The molecular formula is C26H58N2O6. The summed E-state index contributed by atoms with van der Waals surface area (Å²) >= 11 is 0. The summed E-state index contributed by atoms with van der Waals surface area (Å²) in [5, 5.41) is 0. The third-order valence-electron chi connectivity index (χ3n) is 5.89. The van der Waals surface area contributed by atoms with E-state index in [9.17, 15) is 0 Å². The average Bonchev–Trinajstić information content (AvgIpc) is 2.79. The Labute approximate surface area is 211 Å². The monoisotopic (exact) mass is 494 g/mol. The van der Waals surface area contributed by atoms with Crippen molar-refractivity contribution in [2.75, 3.05) is 106 Å². The van der Waals surface area contributed by atoms with Crippen molar-refractivity contribution in [2.24, 2.45) is 23.0 Å². The van der Waals surface area contributed by atoms with Crippen LogP contribution in [0.2, 0.25) is 0 Å². The lowest BCUT2D eigenvalue weighted by Crippen LogP contribution is -2.30. The predicted molar refractivity (Wildman–Crippen MR) is 141 cm³/mol. The third kappa shape index (κ3) is 24.8. The molecule has 1 unspecified atom stereocenters. The molecule has 8 heteroatoms. The average molecular weight is 495 g/mol. The van der Waals surface area contributed by atoms with E-state index in [4.69, 9.17) is 29.4 Å². The first-order chi connectivity index (χ1) is 16.2. The van der Waals surface area contributed by atoms with Crippen LogP contribution in [0.15, 0.2) is 0 Å². The Bertz CT molecular complexity index is 397. The zero-order chi connectivity index (χ0) is 26.1. The maximum Gasteiger partial charge on any atom is 0.0701 e. The van der Waals surface area contributed by atoms with Crippen molar-refractivity contribution in [2.45, 2.75) is 48.0 Å². The molecule has 0 amide bonds. The standard InChI is InChI=1S/C23H49NO5.C3H9NO/c1-8-24(9-11-25-7)10-12-26-13-14-27-15-16-28-17-18-29-20-22(4)19-23(5,6)21(2)3;1-5-3-2-4/h21-22H,8-20H2,1-7H3;2-4H2,1H3. The van der Waals surface area contributed by atoms with E-state index in [1.165, 1.54) is 6.42 Å². The molecule has 0 aliphatic carbocycles. The van der Waals surface area contributed by atoms with Crippen molar-refractivity contribution in [3.63, 3.8) is 0 Å². The molecule has 0 rings (SSSR count). The summed E-state index contributed by atoms with van der Waals surface area (Å²) in [6.07, 6.45) is 1.19. The van der Waals surface area contributed by atoms with Gasteiger partial charge < -0.3 is 34.2 Å². The highest BCUT2D eigenvalue weighted by Crippen LogP contribution is 2.33.